The molecule has 2 aromatic rings. The second-order valence-electron chi connectivity index (χ2n) is 5.04. The summed E-state index contributed by atoms with van der Waals surface area (Å²) >= 11 is 0. The molecule has 0 N–H and O–H groups in total. The van der Waals surface area contributed by atoms with Crippen molar-refractivity contribution in [2.24, 2.45) is 0 Å². The Morgan fingerprint density at radius 2 is 1.80 bits per heavy atom. The van der Waals surface area contributed by atoms with Crippen LogP contribution >= 0.6 is 0 Å². The van der Waals surface area contributed by atoms with E-state index in [4.69, 9.17) is 4.74 Å². The van der Waals surface area contributed by atoms with Crippen molar-refractivity contribution in [1.82, 2.24) is 4.90 Å². The molecule has 0 spiro atoms. The van der Waals surface area contributed by atoms with E-state index in [1.165, 1.54) is 0 Å². The molecule has 0 bridgehead atoms. The highest BCUT2D eigenvalue weighted by atomic mass is 16.5. The summed E-state index contributed by atoms with van der Waals surface area (Å²) in [7, 11) is 1.65. The Hall–Kier alpha value is -2.29. The van der Waals surface area contributed by atoms with E-state index in [9.17, 15) is 4.79 Å². The molecule has 0 saturated carbocycles. The molecule has 1 atom stereocenters. The molecule has 1 amide bonds. The van der Waals surface area contributed by atoms with Crippen LogP contribution in [0.25, 0.3) is 0 Å². The number of carbonyl (C=O) groups is 1. The van der Waals surface area contributed by atoms with Crippen molar-refractivity contribution in [1.29, 1.82) is 0 Å². The minimum absolute atomic E-state index is 0.115. The van der Waals surface area contributed by atoms with Crippen molar-refractivity contribution in [2.75, 3.05) is 7.11 Å². The average molecular weight is 267 g/mol. The number of benzene rings is 2. The molecule has 2 aromatic carbocycles. The molecule has 1 aliphatic rings. The molecule has 20 heavy (non-hydrogen) atoms. The van der Waals surface area contributed by atoms with Gasteiger partial charge in [-0.25, -0.2) is 0 Å². The molecule has 0 aliphatic carbocycles. The van der Waals surface area contributed by atoms with E-state index in [0.29, 0.717) is 6.54 Å². The zero-order valence-electron chi connectivity index (χ0n) is 11.7. The van der Waals surface area contributed by atoms with Crippen LogP contribution in [0.3, 0.4) is 0 Å². The normalized spacial score (nSPS) is 17.2. The van der Waals surface area contributed by atoms with Crippen molar-refractivity contribution in [3.63, 3.8) is 0 Å². The molecule has 0 fully saturated rings. The molecule has 1 unspecified atom stereocenters. The van der Waals surface area contributed by atoms with Gasteiger partial charge >= 0.3 is 0 Å². The second kappa shape index (κ2) is 5.00. The molecule has 3 rings (SSSR count). The summed E-state index contributed by atoms with van der Waals surface area (Å²) in [6.45, 7) is 2.70. The highest BCUT2D eigenvalue weighted by molar-refractivity contribution is 5.99. The Labute approximate surface area is 118 Å². The lowest BCUT2D eigenvalue weighted by Gasteiger charge is -2.22. The van der Waals surface area contributed by atoms with Gasteiger partial charge in [0.05, 0.1) is 13.2 Å². The van der Waals surface area contributed by atoms with E-state index in [1.54, 1.807) is 7.11 Å². The van der Waals surface area contributed by atoms with Crippen LogP contribution in [-0.2, 0) is 6.54 Å². The summed E-state index contributed by atoms with van der Waals surface area (Å²) in [5, 5.41) is 0. The van der Waals surface area contributed by atoms with Gasteiger partial charge in [0.25, 0.3) is 5.91 Å². The predicted octanol–water partition coefficient (Wildman–Crippen LogP) is 3.41. The summed E-state index contributed by atoms with van der Waals surface area (Å²) in [4.78, 5) is 14.3. The maximum atomic E-state index is 12.4. The fraction of sp³-hybridized carbons (Fsp3) is 0.235. The summed E-state index contributed by atoms with van der Waals surface area (Å²) in [6, 6.07) is 15.8. The first-order valence-corrected chi connectivity index (χ1v) is 6.73. The molecule has 0 radical (unpaired) electrons. The molecular weight excluding hydrogens is 250 g/mol. The molecule has 0 aromatic heterocycles. The smallest absolute Gasteiger partial charge is 0.255 e. The summed E-state index contributed by atoms with van der Waals surface area (Å²) in [6.07, 6.45) is 0. The Morgan fingerprint density at radius 1 is 1.10 bits per heavy atom. The van der Waals surface area contributed by atoms with Crippen LogP contribution in [0.2, 0.25) is 0 Å². The van der Waals surface area contributed by atoms with Crippen LogP contribution in [0.4, 0.5) is 0 Å². The molecule has 0 saturated heterocycles. The average Bonchev–Trinajstić information content (AvgIpc) is 2.74. The van der Waals surface area contributed by atoms with Crippen LogP contribution in [-0.4, -0.2) is 17.9 Å². The van der Waals surface area contributed by atoms with Crippen molar-refractivity contribution in [3.8, 4) is 5.75 Å². The molecule has 1 aliphatic heterocycles. The van der Waals surface area contributed by atoms with E-state index in [0.717, 1.165) is 22.4 Å². The molecule has 1 heterocycles. The van der Waals surface area contributed by atoms with Gasteiger partial charge < -0.3 is 9.64 Å². The number of rotatable bonds is 3. The zero-order chi connectivity index (χ0) is 14.1. The summed E-state index contributed by atoms with van der Waals surface area (Å²) < 4.78 is 5.15. The Morgan fingerprint density at radius 3 is 2.45 bits per heavy atom. The molecule has 102 valence electrons. The van der Waals surface area contributed by atoms with Crippen molar-refractivity contribution in [2.45, 2.75) is 19.5 Å². The third-order valence-electron chi connectivity index (χ3n) is 3.88. The number of amides is 1. The number of hydrogen-bond acceptors (Lipinski definition) is 2. The quantitative estimate of drug-likeness (QED) is 0.853. The fourth-order valence-corrected chi connectivity index (χ4v) is 2.69. The fourth-order valence-electron chi connectivity index (χ4n) is 2.69. The third kappa shape index (κ3) is 2.05. The van der Waals surface area contributed by atoms with Gasteiger partial charge in [0.2, 0.25) is 0 Å². The maximum Gasteiger partial charge on any atom is 0.255 e. The minimum Gasteiger partial charge on any atom is -0.497 e. The number of hydrogen-bond donors (Lipinski definition) is 0. The lowest BCUT2D eigenvalue weighted by atomic mass is 10.1. The van der Waals surface area contributed by atoms with Crippen molar-refractivity contribution in [3.05, 3.63) is 65.2 Å². The van der Waals surface area contributed by atoms with Crippen molar-refractivity contribution >= 4 is 5.91 Å². The first-order valence-electron chi connectivity index (χ1n) is 6.73. The molecular formula is C17H17NO2. The molecule has 3 nitrogen and oxygen atoms in total. The van der Waals surface area contributed by atoms with E-state index >= 15 is 0 Å². The number of methoxy groups -OCH3 is 1. The zero-order valence-corrected chi connectivity index (χ0v) is 11.7. The Kier molecular flexibility index (Phi) is 3.18. The van der Waals surface area contributed by atoms with Crippen LogP contribution in [0.5, 0.6) is 5.75 Å². The number of carbonyl (C=O) groups excluding carboxylic acids is 1. The second-order valence-corrected chi connectivity index (χ2v) is 5.04. The van der Waals surface area contributed by atoms with Gasteiger partial charge in [-0.1, -0.05) is 30.3 Å². The number of ether oxygens (including phenoxy) is 1. The minimum atomic E-state index is 0.115. The van der Waals surface area contributed by atoms with Gasteiger partial charge in [0.1, 0.15) is 5.75 Å². The standard InChI is InChI=1S/C17H17NO2/c1-12-15-5-3-4-6-16(15)17(19)18(12)11-13-7-9-14(20-2)10-8-13/h3-10,12H,11H2,1-2H3. The highest BCUT2D eigenvalue weighted by Gasteiger charge is 2.33. The van der Waals surface area contributed by atoms with Gasteiger partial charge in [-0.2, -0.15) is 0 Å². The van der Waals surface area contributed by atoms with Gasteiger partial charge in [0.15, 0.2) is 0 Å². The first-order chi connectivity index (χ1) is 9.70. The largest absolute Gasteiger partial charge is 0.497 e. The van der Waals surface area contributed by atoms with Crippen LogP contribution in [0.1, 0.15) is 34.5 Å². The van der Waals surface area contributed by atoms with E-state index in [1.807, 2.05) is 53.4 Å². The van der Waals surface area contributed by atoms with Crippen LogP contribution < -0.4 is 4.74 Å². The van der Waals surface area contributed by atoms with Crippen LogP contribution in [0, 0.1) is 0 Å². The topological polar surface area (TPSA) is 29.5 Å². The van der Waals surface area contributed by atoms with Gasteiger partial charge in [0, 0.05) is 12.1 Å². The Bertz CT molecular complexity index is 634. The SMILES string of the molecule is COc1ccc(CN2C(=O)c3ccccc3C2C)cc1. The monoisotopic (exact) mass is 267 g/mol. The highest BCUT2D eigenvalue weighted by Crippen LogP contribution is 2.34. The third-order valence-corrected chi connectivity index (χ3v) is 3.88. The van der Waals surface area contributed by atoms with Gasteiger partial charge in [-0.15, -0.1) is 0 Å². The van der Waals surface area contributed by atoms with Gasteiger partial charge in [-0.3, -0.25) is 4.79 Å². The number of fused-ring (bicyclic) bond motifs is 1. The lowest BCUT2D eigenvalue weighted by Crippen LogP contribution is -2.26. The van der Waals surface area contributed by atoms with Crippen LogP contribution in [0.15, 0.2) is 48.5 Å². The van der Waals surface area contributed by atoms with E-state index in [-0.39, 0.29) is 11.9 Å². The summed E-state index contributed by atoms with van der Waals surface area (Å²) in [5.74, 6) is 0.946. The lowest BCUT2D eigenvalue weighted by molar-refractivity contribution is 0.0723. The van der Waals surface area contributed by atoms with E-state index < -0.39 is 0 Å². The van der Waals surface area contributed by atoms with E-state index in [2.05, 4.69) is 6.92 Å². The maximum absolute atomic E-state index is 12.4. The Balaban J connectivity index is 1.83. The predicted molar refractivity (Wildman–Crippen MR) is 77.7 cm³/mol. The van der Waals surface area contributed by atoms with Gasteiger partial charge in [-0.05, 0) is 36.2 Å². The molecule has 3 heteroatoms. The van der Waals surface area contributed by atoms with Crippen molar-refractivity contribution < 1.29 is 9.53 Å². The summed E-state index contributed by atoms with van der Waals surface area (Å²) in [5.41, 5.74) is 3.05. The first kappa shape index (κ1) is 12.7. The number of nitrogens with zero attached hydrogens (tertiary/aromatic N) is 1.